The topological polar surface area (TPSA) is 131 Å². The molecule has 0 saturated carbocycles. The number of phosphoric ester groups is 1. The molecule has 2 N–H and O–H groups in total. The van der Waals surface area contributed by atoms with Gasteiger partial charge in [0.2, 0.25) is 5.52 Å². The first-order valence-electron chi connectivity index (χ1n) is 7.23. The molecule has 10 heteroatoms. The van der Waals surface area contributed by atoms with E-state index in [0.29, 0.717) is 9.27 Å². The molecule has 23 heavy (non-hydrogen) atoms. The van der Waals surface area contributed by atoms with Crippen LogP contribution in [0.4, 0.5) is 0 Å². The van der Waals surface area contributed by atoms with Gasteiger partial charge >= 0.3 is 13.6 Å². The first-order chi connectivity index (χ1) is 10.8. The number of aromatic nitrogens is 3. The van der Waals surface area contributed by atoms with E-state index >= 15 is 0 Å². The Kier molecular flexibility index (Phi) is 4.20. The summed E-state index contributed by atoms with van der Waals surface area (Å²) >= 11 is 0. The molecule has 0 unspecified atom stereocenters. The summed E-state index contributed by atoms with van der Waals surface area (Å²) in [6, 6.07) is 3.45. The number of hydrogen-bond donors (Lipinski definition) is 2. The van der Waals surface area contributed by atoms with Gasteiger partial charge in [-0.05, 0) is 48.9 Å². The van der Waals surface area contributed by atoms with E-state index in [2.05, 4.69) is 9.62 Å². The molecule has 0 spiro atoms. The van der Waals surface area contributed by atoms with Gasteiger partial charge in [0.15, 0.2) is 0 Å². The number of phosphoric acid groups is 1. The second-order valence-electron chi connectivity index (χ2n) is 5.47. The second kappa shape index (κ2) is 6.01. The van der Waals surface area contributed by atoms with Crippen molar-refractivity contribution in [3.8, 4) is 0 Å². The highest BCUT2D eigenvalue weighted by molar-refractivity contribution is 7.46. The monoisotopic (exact) mass is 341 g/mol. The smallest absolute Gasteiger partial charge is 0.469 e. The molecule has 0 fully saturated rings. The largest absolute Gasteiger partial charge is 0.772 e. The van der Waals surface area contributed by atoms with Crippen LogP contribution in [0.1, 0.15) is 29.8 Å². The standard InChI is InChI=1S/C13H16N3O6P/c17-15-11-7-9-3-1-4-10(9)8-12(11)16(18)14-13(15)5-2-6-22-23(19,20)21/h7-8H,1-6H2,(H2,19,20,21). The highest BCUT2D eigenvalue weighted by Gasteiger charge is 2.21. The molecule has 1 aromatic carbocycles. The van der Waals surface area contributed by atoms with Crippen LogP contribution in [0.3, 0.4) is 0 Å². The van der Waals surface area contributed by atoms with Crippen LogP contribution in [-0.4, -0.2) is 26.3 Å². The highest BCUT2D eigenvalue weighted by Crippen LogP contribution is 2.35. The van der Waals surface area contributed by atoms with Crippen molar-refractivity contribution in [2.75, 3.05) is 6.61 Å². The molecule has 0 saturated heterocycles. The molecule has 0 aliphatic heterocycles. The Hall–Kier alpha value is -1.80. The fraction of sp³-hybridized carbons (Fsp3) is 0.462. The zero-order valence-electron chi connectivity index (χ0n) is 12.2. The van der Waals surface area contributed by atoms with Gasteiger partial charge in [-0.3, -0.25) is 4.52 Å². The van der Waals surface area contributed by atoms with E-state index in [9.17, 15) is 14.7 Å². The SMILES string of the molecule is O=[n+]1c(CCCOP(=O)(O)O)nn([O-])c2cc3c(cc21)CCC3. The lowest BCUT2D eigenvalue weighted by Gasteiger charge is -2.08. The quantitative estimate of drug-likeness (QED) is 0.468. The number of rotatable bonds is 5. The zero-order valence-corrected chi connectivity index (χ0v) is 13.1. The predicted molar refractivity (Wildman–Crippen MR) is 80.2 cm³/mol. The van der Waals surface area contributed by atoms with Crippen LogP contribution in [0.15, 0.2) is 12.1 Å². The van der Waals surface area contributed by atoms with Crippen molar-refractivity contribution >= 4 is 18.9 Å². The lowest BCUT2D eigenvalue weighted by molar-refractivity contribution is -0.480. The van der Waals surface area contributed by atoms with Gasteiger partial charge in [-0.2, -0.15) is 4.85 Å². The summed E-state index contributed by atoms with van der Waals surface area (Å²) in [5, 5.41) is 15.8. The third-order valence-corrected chi connectivity index (χ3v) is 4.38. The summed E-state index contributed by atoms with van der Waals surface area (Å²) in [5.41, 5.74) is 2.65. The van der Waals surface area contributed by atoms with Crippen molar-refractivity contribution in [2.24, 2.45) is 0 Å². The number of benzene rings is 1. The molecule has 0 bridgehead atoms. The van der Waals surface area contributed by atoms with Gasteiger partial charge in [-0.15, -0.1) is 0 Å². The van der Waals surface area contributed by atoms with E-state index < -0.39 is 7.82 Å². The molecule has 1 aromatic heterocycles. The maximum Gasteiger partial charge on any atom is 0.469 e. The van der Waals surface area contributed by atoms with E-state index in [-0.39, 0.29) is 36.3 Å². The lowest BCUT2D eigenvalue weighted by atomic mass is 10.1. The highest BCUT2D eigenvalue weighted by atomic mass is 31.2. The molecular weight excluding hydrogens is 325 g/mol. The van der Waals surface area contributed by atoms with Crippen molar-refractivity contribution < 1.29 is 23.3 Å². The van der Waals surface area contributed by atoms with E-state index in [1.165, 1.54) is 0 Å². The molecule has 3 rings (SSSR count). The number of fused-ring (bicyclic) bond motifs is 2. The van der Waals surface area contributed by atoms with Crippen LogP contribution >= 0.6 is 7.82 Å². The van der Waals surface area contributed by atoms with Crippen molar-refractivity contribution in [3.63, 3.8) is 0 Å². The molecule has 1 heterocycles. The minimum atomic E-state index is -4.53. The van der Waals surface area contributed by atoms with E-state index in [0.717, 1.165) is 30.4 Å². The molecule has 2 aromatic rings. The Morgan fingerprint density at radius 2 is 2.04 bits per heavy atom. The van der Waals surface area contributed by atoms with E-state index in [1.54, 1.807) is 12.1 Å². The van der Waals surface area contributed by atoms with Gasteiger partial charge in [0.25, 0.3) is 0 Å². The Balaban J connectivity index is 1.87. The molecule has 0 atom stereocenters. The van der Waals surface area contributed by atoms with E-state index in [4.69, 9.17) is 9.79 Å². The lowest BCUT2D eigenvalue weighted by Crippen LogP contribution is -2.27. The minimum absolute atomic E-state index is 0.000223. The van der Waals surface area contributed by atoms with Gasteiger partial charge in [-0.1, -0.05) is 4.91 Å². The Morgan fingerprint density at radius 3 is 2.74 bits per heavy atom. The molecule has 9 nitrogen and oxygen atoms in total. The molecule has 124 valence electrons. The van der Waals surface area contributed by atoms with Gasteiger partial charge < -0.3 is 15.0 Å². The van der Waals surface area contributed by atoms with Gasteiger partial charge in [0, 0.05) is 4.43 Å². The Labute approximate surface area is 130 Å². The van der Waals surface area contributed by atoms with Crippen LogP contribution in [0.2, 0.25) is 0 Å². The maximum atomic E-state index is 12.4. The Morgan fingerprint density at radius 1 is 1.35 bits per heavy atom. The summed E-state index contributed by atoms with van der Waals surface area (Å²) in [5.74, 6) is -0.000223. The van der Waals surface area contributed by atoms with Crippen LogP contribution in [0, 0.1) is 10.1 Å². The maximum absolute atomic E-state index is 12.4. The summed E-state index contributed by atoms with van der Waals surface area (Å²) in [6.07, 6.45) is 3.03. The van der Waals surface area contributed by atoms with Crippen molar-refractivity contribution in [3.05, 3.63) is 39.2 Å². The van der Waals surface area contributed by atoms with Gasteiger partial charge in [-0.25, -0.2) is 4.57 Å². The molecular formula is C13H16N3O6P. The van der Waals surface area contributed by atoms with Crippen LogP contribution in [0.5, 0.6) is 0 Å². The van der Waals surface area contributed by atoms with Gasteiger partial charge in [0.1, 0.15) is 5.52 Å². The fourth-order valence-electron chi connectivity index (χ4n) is 2.82. The number of aryl methyl sites for hydroxylation is 3. The average Bonchev–Trinajstić information content (AvgIpc) is 2.93. The first-order valence-corrected chi connectivity index (χ1v) is 8.76. The fourth-order valence-corrected chi connectivity index (χ4v) is 3.18. The van der Waals surface area contributed by atoms with Gasteiger partial charge in [0.05, 0.1) is 18.1 Å². The predicted octanol–water partition coefficient (Wildman–Crippen LogP) is 0.827. The summed E-state index contributed by atoms with van der Waals surface area (Å²) < 4.78 is 15.5. The normalized spacial score (nSPS) is 14.3. The number of nitrogens with zero attached hydrogens (tertiary/aromatic N) is 3. The second-order valence-corrected chi connectivity index (χ2v) is 6.71. The zero-order chi connectivity index (χ0) is 16.6. The van der Waals surface area contributed by atoms with Crippen molar-refractivity contribution in [2.45, 2.75) is 32.1 Å². The molecule has 0 amide bonds. The third-order valence-electron chi connectivity index (χ3n) is 3.86. The summed E-state index contributed by atoms with van der Waals surface area (Å²) in [4.78, 5) is 30.0. The first kappa shape index (κ1) is 16.1. The summed E-state index contributed by atoms with van der Waals surface area (Å²) in [7, 11) is -4.53. The third kappa shape index (κ3) is 3.42. The van der Waals surface area contributed by atoms with Crippen molar-refractivity contribution in [1.82, 2.24) is 9.94 Å². The van der Waals surface area contributed by atoms with Crippen molar-refractivity contribution in [1.29, 1.82) is 0 Å². The van der Waals surface area contributed by atoms with E-state index in [1.807, 2.05) is 0 Å². The number of hydrogen-bond acceptors (Lipinski definition) is 5. The molecule has 0 radical (unpaired) electrons. The van der Waals surface area contributed by atoms with Crippen LogP contribution in [-0.2, 0) is 28.4 Å². The molecule has 1 aliphatic carbocycles. The Bertz CT molecular complexity index is 859. The average molecular weight is 341 g/mol. The molecule has 1 aliphatic rings. The van der Waals surface area contributed by atoms with Crippen LogP contribution < -0.4 is 4.43 Å². The minimum Gasteiger partial charge on any atom is -0.772 e. The van der Waals surface area contributed by atoms with Crippen LogP contribution in [0.25, 0.3) is 11.0 Å². The summed E-state index contributed by atoms with van der Waals surface area (Å²) in [6.45, 7) is -0.229.